The van der Waals surface area contributed by atoms with Gasteiger partial charge in [-0.2, -0.15) is 13.2 Å². The van der Waals surface area contributed by atoms with Crippen molar-refractivity contribution < 1.29 is 31.9 Å². The van der Waals surface area contributed by atoms with Gasteiger partial charge in [-0.25, -0.2) is 9.18 Å². The van der Waals surface area contributed by atoms with E-state index in [-0.39, 0.29) is 30.0 Å². The van der Waals surface area contributed by atoms with Gasteiger partial charge in [0.25, 0.3) is 11.8 Å². The maximum Gasteiger partial charge on any atom is 0.412 e. The summed E-state index contributed by atoms with van der Waals surface area (Å²) in [6.45, 7) is 1.43. The molecule has 2 aliphatic carbocycles. The van der Waals surface area contributed by atoms with Gasteiger partial charge in [-0.1, -0.05) is 19.1 Å². The first-order valence-corrected chi connectivity index (χ1v) is 10.2. The summed E-state index contributed by atoms with van der Waals surface area (Å²) in [5.74, 6) is -2.46. The molecule has 32 heavy (non-hydrogen) atoms. The number of urea groups is 1. The van der Waals surface area contributed by atoms with Gasteiger partial charge in [0.05, 0.1) is 6.54 Å². The first-order chi connectivity index (χ1) is 15.0. The molecule has 10 heteroatoms. The van der Waals surface area contributed by atoms with E-state index in [1.807, 2.05) is 0 Å². The van der Waals surface area contributed by atoms with Crippen LogP contribution in [-0.4, -0.2) is 36.1 Å². The van der Waals surface area contributed by atoms with Crippen LogP contribution in [0.3, 0.4) is 0 Å². The molecule has 0 aromatic heterocycles. The first kappa shape index (κ1) is 22.0. The zero-order valence-corrected chi connectivity index (χ0v) is 17.1. The number of imide groups is 1. The summed E-state index contributed by atoms with van der Waals surface area (Å²) < 4.78 is 53.1. The Hall–Kier alpha value is -3.17. The molecule has 2 fully saturated rings. The van der Waals surface area contributed by atoms with Crippen molar-refractivity contribution >= 4 is 23.4 Å². The minimum atomic E-state index is -4.46. The van der Waals surface area contributed by atoms with Gasteiger partial charge < -0.3 is 10.6 Å². The van der Waals surface area contributed by atoms with Crippen LogP contribution in [0.5, 0.6) is 0 Å². The number of allylic oxidation sites excluding steroid dienone is 4. The van der Waals surface area contributed by atoms with Crippen molar-refractivity contribution in [2.45, 2.75) is 37.9 Å². The fraction of sp³-hybridized carbons (Fsp3) is 0.409. The third kappa shape index (κ3) is 4.01. The van der Waals surface area contributed by atoms with Gasteiger partial charge >= 0.3 is 12.2 Å². The summed E-state index contributed by atoms with van der Waals surface area (Å²) in [5, 5.41) is 7.43. The van der Waals surface area contributed by atoms with Crippen LogP contribution in [-0.2, 0) is 4.79 Å². The summed E-state index contributed by atoms with van der Waals surface area (Å²) in [4.78, 5) is 37.0. The smallest absolute Gasteiger partial charge is 0.349 e. The van der Waals surface area contributed by atoms with E-state index in [0.29, 0.717) is 5.57 Å². The monoisotopic (exact) mass is 451 g/mol. The van der Waals surface area contributed by atoms with Crippen LogP contribution in [0.4, 0.5) is 22.4 Å². The van der Waals surface area contributed by atoms with E-state index >= 15 is 0 Å². The second-order valence-corrected chi connectivity index (χ2v) is 8.44. The van der Waals surface area contributed by atoms with Crippen LogP contribution in [0.2, 0.25) is 0 Å². The Balaban J connectivity index is 1.61. The third-order valence-corrected chi connectivity index (χ3v) is 6.19. The standard InChI is InChI=1S/C22H21F4N3O3/c1-11-8-13(22(24,25)26)4-6-15(11)17-9-14(23)5-7-16(17)18(30)27-10-21(12-2-3-12)19(31)28-20(32)29-21/h4-7,9,11-12H,2-3,8,10H2,1H3,(H,27,30)(H2,28,29,31,32)/t11?,21-/m0/s1. The SMILES string of the molecule is CC1CC(C(F)(F)F)=CC=C1c1cc(F)ccc1C(=O)NC[C@@]1(C2CC2)NC(=O)NC1=O. The van der Waals surface area contributed by atoms with Crippen LogP contribution in [0.1, 0.15) is 42.1 Å². The first-order valence-electron chi connectivity index (χ1n) is 10.2. The van der Waals surface area contributed by atoms with Crippen LogP contribution >= 0.6 is 0 Å². The van der Waals surface area contributed by atoms with Gasteiger partial charge in [0, 0.05) is 11.1 Å². The molecular formula is C22H21F4N3O3. The largest absolute Gasteiger partial charge is 0.412 e. The van der Waals surface area contributed by atoms with Crippen molar-refractivity contribution in [1.82, 2.24) is 16.0 Å². The number of rotatable bonds is 5. The average molecular weight is 451 g/mol. The lowest BCUT2D eigenvalue weighted by Gasteiger charge is -2.27. The van der Waals surface area contributed by atoms with Crippen molar-refractivity contribution in [2.24, 2.45) is 11.8 Å². The number of amides is 4. The Kier molecular flexibility index (Phi) is 5.34. The third-order valence-electron chi connectivity index (χ3n) is 6.19. The molecule has 4 rings (SSSR count). The summed E-state index contributed by atoms with van der Waals surface area (Å²) >= 11 is 0. The van der Waals surface area contributed by atoms with Crippen LogP contribution in [0.15, 0.2) is 35.9 Å². The number of hydrogen-bond donors (Lipinski definition) is 3. The molecule has 1 aliphatic heterocycles. The predicted molar refractivity (Wildman–Crippen MR) is 107 cm³/mol. The van der Waals surface area contributed by atoms with E-state index in [4.69, 9.17) is 0 Å². The van der Waals surface area contributed by atoms with E-state index in [9.17, 15) is 31.9 Å². The topological polar surface area (TPSA) is 87.3 Å². The van der Waals surface area contributed by atoms with Crippen LogP contribution in [0.25, 0.3) is 5.57 Å². The van der Waals surface area contributed by atoms with Crippen molar-refractivity contribution in [3.8, 4) is 0 Å². The number of carbonyl (C=O) groups excluding carboxylic acids is 3. The molecular weight excluding hydrogens is 430 g/mol. The van der Waals surface area contributed by atoms with E-state index in [1.165, 1.54) is 12.1 Å². The highest BCUT2D eigenvalue weighted by Crippen LogP contribution is 2.42. The van der Waals surface area contributed by atoms with Crippen molar-refractivity contribution in [3.63, 3.8) is 0 Å². The second kappa shape index (κ2) is 7.75. The maximum absolute atomic E-state index is 14.0. The molecule has 1 aromatic rings. The Morgan fingerprint density at radius 1 is 1.22 bits per heavy atom. The highest BCUT2D eigenvalue weighted by molar-refractivity contribution is 6.08. The number of halogens is 4. The highest BCUT2D eigenvalue weighted by atomic mass is 19.4. The maximum atomic E-state index is 14.0. The van der Waals surface area contributed by atoms with E-state index in [1.54, 1.807) is 6.92 Å². The number of nitrogens with one attached hydrogen (secondary N) is 3. The second-order valence-electron chi connectivity index (χ2n) is 8.44. The number of carbonyl (C=O) groups is 3. The van der Waals surface area contributed by atoms with Gasteiger partial charge in [0.2, 0.25) is 0 Å². The average Bonchev–Trinajstić information content (AvgIpc) is 3.51. The summed E-state index contributed by atoms with van der Waals surface area (Å²) in [5.41, 5.74) is -1.26. The van der Waals surface area contributed by atoms with Gasteiger partial charge in [-0.05, 0) is 60.4 Å². The molecule has 0 bridgehead atoms. The lowest BCUT2D eigenvalue weighted by molar-refractivity contribution is -0.124. The number of hydrogen-bond acceptors (Lipinski definition) is 3. The Labute approximate surface area is 181 Å². The summed E-state index contributed by atoms with van der Waals surface area (Å²) in [6.07, 6.45) is -1.08. The molecule has 4 amide bonds. The minimum Gasteiger partial charge on any atom is -0.349 e. The molecule has 1 saturated carbocycles. The zero-order chi connectivity index (χ0) is 23.3. The van der Waals surface area contributed by atoms with Crippen molar-refractivity contribution in [2.75, 3.05) is 6.54 Å². The van der Waals surface area contributed by atoms with E-state index in [0.717, 1.165) is 31.1 Å². The quantitative estimate of drug-likeness (QED) is 0.473. The molecule has 1 saturated heterocycles. The molecule has 0 spiro atoms. The number of alkyl halides is 3. The Bertz CT molecular complexity index is 1060. The van der Waals surface area contributed by atoms with E-state index < -0.39 is 46.9 Å². The molecule has 6 nitrogen and oxygen atoms in total. The fourth-order valence-electron chi connectivity index (χ4n) is 4.33. The normalized spacial score (nSPS) is 25.6. The van der Waals surface area contributed by atoms with Crippen molar-refractivity contribution in [1.29, 1.82) is 0 Å². The van der Waals surface area contributed by atoms with Crippen LogP contribution < -0.4 is 16.0 Å². The van der Waals surface area contributed by atoms with E-state index in [2.05, 4.69) is 16.0 Å². The van der Waals surface area contributed by atoms with Crippen molar-refractivity contribution in [3.05, 3.63) is 52.9 Å². The summed E-state index contributed by atoms with van der Waals surface area (Å²) in [7, 11) is 0. The molecule has 170 valence electrons. The zero-order valence-electron chi connectivity index (χ0n) is 17.1. The highest BCUT2D eigenvalue weighted by Gasteiger charge is 2.56. The van der Waals surface area contributed by atoms with Gasteiger partial charge in [0.1, 0.15) is 11.4 Å². The molecule has 1 heterocycles. The van der Waals surface area contributed by atoms with Gasteiger partial charge in [-0.15, -0.1) is 0 Å². The molecule has 1 aromatic carbocycles. The Morgan fingerprint density at radius 3 is 2.50 bits per heavy atom. The molecule has 3 aliphatic rings. The Morgan fingerprint density at radius 2 is 1.94 bits per heavy atom. The fourth-order valence-corrected chi connectivity index (χ4v) is 4.33. The predicted octanol–water partition coefficient (Wildman–Crippen LogP) is 3.46. The molecule has 0 radical (unpaired) electrons. The number of benzene rings is 1. The lowest BCUT2D eigenvalue weighted by atomic mass is 9.82. The molecule has 3 N–H and O–H groups in total. The van der Waals surface area contributed by atoms with Gasteiger partial charge in [-0.3, -0.25) is 14.9 Å². The van der Waals surface area contributed by atoms with Gasteiger partial charge in [0.15, 0.2) is 0 Å². The lowest BCUT2D eigenvalue weighted by Crippen LogP contribution is -2.57. The minimum absolute atomic E-state index is 0.0732. The summed E-state index contributed by atoms with van der Waals surface area (Å²) in [6, 6.07) is 2.83. The van der Waals surface area contributed by atoms with Crippen LogP contribution in [0, 0.1) is 17.7 Å². The molecule has 2 atom stereocenters. The molecule has 1 unspecified atom stereocenters.